The molecule has 0 saturated heterocycles. The molecule has 0 atom stereocenters. The van der Waals surface area contributed by atoms with Gasteiger partial charge in [0.15, 0.2) is 0 Å². The van der Waals surface area contributed by atoms with Crippen LogP contribution >= 0.6 is 0 Å². The summed E-state index contributed by atoms with van der Waals surface area (Å²) >= 11 is 0. The average Bonchev–Trinajstić information content (AvgIpc) is 2.50. The van der Waals surface area contributed by atoms with Crippen molar-refractivity contribution in [1.82, 2.24) is 5.43 Å². The Bertz CT molecular complexity index is 853. The number of hydrazone groups is 1. The average molecular weight is 324 g/mol. The number of hydrogen-bond acceptors (Lipinski definition) is 4. The molecule has 0 radical (unpaired) electrons. The lowest BCUT2D eigenvalue weighted by molar-refractivity contribution is -0.120. The predicted octanol–water partition coefficient (Wildman–Crippen LogP) is 3.41. The van der Waals surface area contributed by atoms with Crippen molar-refractivity contribution in [1.29, 1.82) is 0 Å². The molecular weight excluding hydrogens is 304 g/mol. The Morgan fingerprint density at radius 2 is 1.83 bits per heavy atom. The van der Waals surface area contributed by atoms with Gasteiger partial charge in [0.1, 0.15) is 11.5 Å². The van der Waals surface area contributed by atoms with Crippen molar-refractivity contribution in [2.24, 2.45) is 10.5 Å². The molecule has 1 fully saturated rings. The number of hydrogen-bond donors (Lipinski definition) is 2. The van der Waals surface area contributed by atoms with Crippen molar-refractivity contribution in [2.75, 3.05) is 0 Å². The molecule has 5 heteroatoms. The van der Waals surface area contributed by atoms with Gasteiger partial charge in [-0.05, 0) is 34.7 Å². The summed E-state index contributed by atoms with van der Waals surface area (Å²) in [5, 5.41) is 15.9. The number of phenolic OH excluding ortho intramolecular Hbond substituents is 1. The third-order valence-corrected chi connectivity index (χ3v) is 4.18. The number of benzene rings is 2. The van der Waals surface area contributed by atoms with Crippen LogP contribution in [0, 0.1) is 5.41 Å². The second kappa shape index (κ2) is 6.07. The number of phenols is 1. The summed E-state index contributed by atoms with van der Waals surface area (Å²) in [5.41, 5.74) is 3.17. The summed E-state index contributed by atoms with van der Waals surface area (Å²) < 4.78 is 0. The molecule has 0 aliphatic heterocycles. The van der Waals surface area contributed by atoms with Crippen molar-refractivity contribution in [2.45, 2.75) is 33.1 Å². The minimum absolute atomic E-state index is 0.0912. The molecule has 3 rings (SSSR count). The largest absolute Gasteiger partial charge is 0.507 e. The summed E-state index contributed by atoms with van der Waals surface area (Å²) in [6.07, 6.45) is 1.47. The summed E-state index contributed by atoms with van der Waals surface area (Å²) in [6, 6.07) is 10.7. The van der Waals surface area contributed by atoms with E-state index in [2.05, 4.69) is 10.5 Å². The molecule has 2 N–H and O–H groups in total. The van der Waals surface area contributed by atoms with Gasteiger partial charge in [-0.15, -0.1) is 0 Å². The Morgan fingerprint density at radius 3 is 2.50 bits per heavy atom. The van der Waals surface area contributed by atoms with Crippen LogP contribution in [0.1, 0.15) is 43.5 Å². The molecule has 5 nitrogen and oxygen atoms in total. The van der Waals surface area contributed by atoms with E-state index in [1.54, 1.807) is 12.1 Å². The fourth-order valence-corrected chi connectivity index (χ4v) is 3.18. The molecule has 1 amide bonds. The highest BCUT2D eigenvalue weighted by Crippen LogP contribution is 2.31. The standard InChI is InChI=1S/C19H20N2O3/c1-19(2)10-14(9-15(22)11-19)20-21-18(24)16-7-12-5-3-4-6-13(12)8-17(16)23/h3-8,23H,9-11H2,1-2H3,(H,21,24)/b20-14+. The normalized spacial score (nSPS) is 18.8. The molecule has 1 aliphatic carbocycles. The molecular formula is C19H20N2O3. The lowest BCUT2D eigenvalue weighted by atomic mass is 9.76. The van der Waals surface area contributed by atoms with Gasteiger partial charge in [0, 0.05) is 18.6 Å². The maximum atomic E-state index is 12.3. The number of nitrogens with one attached hydrogen (secondary N) is 1. The number of ketones is 1. The topological polar surface area (TPSA) is 78.8 Å². The van der Waals surface area contributed by atoms with Gasteiger partial charge < -0.3 is 5.11 Å². The van der Waals surface area contributed by atoms with E-state index in [4.69, 9.17) is 0 Å². The number of aromatic hydroxyl groups is 1. The molecule has 1 aliphatic rings. The van der Waals surface area contributed by atoms with Crippen LogP contribution in [0.15, 0.2) is 41.5 Å². The van der Waals surface area contributed by atoms with Crippen molar-refractivity contribution < 1.29 is 14.7 Å². The maximum Gasteiger partial charge on any atom is 0.275 e. The van der Waals surface area contributed by atoms with Gasteiger partial charge >= 0.3 is 0 Å². The smallest absolute Gasteiger partial charge is 0.275 e. The van der Waals surface area contributed by atoms with Gasteiger partial charge in [0.25, 0.3) is 5.91 Å². The van der Waals surface area contributed by atoms with Crippen molar-refractivity contribution >= 4 is 28.2 Å². The SMILES string of the molecule is CC1(C)CC(=O)C/C(=N\NC(=O)c2cc3ccccc3cc2O)C1. The minimum atomic E-state index is -0.485. The molecule has 0 spiro atoms. The minimum Gasteiger partial charge on any atom is -0.507 e. The van der Waals surface area contributed by atoms with E-state index in [9.17, 15) is 14.7 Å². The quantitative estimate of drug-likeness (QED) is 0.831. The number of Topliss-reactive ketones (excluding diaryl/α,β-unsaturated/α-hetero) is 1. The van der Waals surface area contributed by atoms with E-state index in [1.165, 1.54) is 0 Å². The van der Waals surface area contributed by atoms with Crippen LogP contribution in [0.3, 0.4) is 0 Å². The lowest BCUT2D eigenvalue weighted by Gasteiger charge is -2.29. The van der Waals surface area contributed by atoms with Crippen LogP contribution in [0.25, 0.3) is 10.8 Å². The summed E-state index contributed by atoms with van der Waals surface area (Å²) in [6.45, 7) is 4.02. The number of carbonyl (C=O) groups is 2. The fraction of sp³-hybridized carbons (Fsp3) is 0.316. The fourth-order valence-electron chi connectivity index (χ4n) is 3.18. The molecule has 0 unspecified atom stereocenters. The molecule has 2 aromatic rings. The highest BCUT2D eigenvalue weighted by atomic mass is 16.3. The predicted molar refractivity (Wildman–Crippen MR) is 93.2 cm³/mol. The second-order valence-electron chi connectivity index (χ2n) is 7.07. The third-order valence-electron chi connectivity index (χ3n) is 4.18. The van der Waals surface area contributed by atoms with Crippen molar-refractivity contribution in [3.63, 3.8) is 0 Å². The first-order chi connectivity index (χ1) is 11.3. The first kappa shape index (κ1) is 16.2. The Hall–Kier alpha value is -2.69. The van der Waals surface area contributed by atoms with Crippen molar-refractivity contribution in [3.8, 4) is 5.75 Å². The number of rotatable bonds is 2. The molecule has 24 heavy (non-hydrogen) atoms. The zero-order valence-electron chi connectivity index (χ0n) is 13.8. The highest BCUT2D eigenvalue weighted by Gasteiger charge is 2.30. The Morgan fingerprint density at radius 1 is 1.17 bits per heavy atom. The third kappa shape index (κ3) is 3.45. The van der Waals surface area contributed by atoms with E-state index in [0.717, 1.165) is 10.8 Å². The number of fused-ring (bicyclic) bond motifs is 1. The Balaban J connectivity index is 1.81. The summed E-state index contributed by atoms with van der Waals surface area (Å²) in [5.74, 6) is -0.444. The van der Waals surface area contributed by atoms with E-state index in [1.807, 2.05) is 38.1 Å². The number of carbonyl (C=O) groups excluding carboxylic acids is 2. The molecule has 2 aromatic carbocycles. The van der Waals surface area contributed by atoms with Gasteiger partial charge in [-0.25, -0.2) is 5.43 Å². The molecule has 1 saturated carbocycles. The van der Waals surface area contributed by atoms with Crippen molar-refractivity contribution in [3.05, 3.63) is 42.0 Å². The molecule has 0 heterocycles. The van der Waals surface area contributed by atoms with Crippen LogP contribution in [-0.2, 0) is 4.79 Å². The lowest BCUT2D eigenvalue weighted by Crippen LogP contribution is -2.31. The molecule has 124 valence electrons. The monoisotopic (exact) mass is 324 g/mol. The molecule has 0 aromatic heterocycles. The van der Waals surface area contributed by atoms with Crippen LogP contribution < -0.4 is 5.43 Å². The molecule has 0 bridgehead atoms. The number of amides is 1. The van der Waals surface area contributed by atoms with Gasteiger partial charge in [0.05, 0.1) is 5.56 Å². The second-order valence-corrected chi connectivity index (χ2v) is 7.07. The van der Waals surface area contributed by atoms with Crippen LogP contribution in [0.5, 0.6) is 5.75 Å². The summed E-state index contributed by atoms with van der Waals surface area (Å²) in [4.78, 5) is 24.1. The zero-order valence-corrected chi connectivity index (χ0v) is 13.8. The van der Waals surface area contributed by atoms with Crippen LogP contribution in [-0.4, -0.2) is 22.5 Å². The number of nitrogens with zero attached hydrogens (tertiary/aromatic N) is 1. The van der Waals surface area contributed by atoms with Gasteiger partial charge in [-0.2, -0.15) is 5.10 Å². The zero-order chi connectivity index (χ0) is 17.3. The van der Waals surface area contributed by atoms with Gasteiger partial charge in [-0.1, -0.05) is 38.1 Å². The van der Waals surface area contributed by atoms with E-state index < -0.39 is 5.91 Å². The Labute approximate surface area is 140 Å². The van der Waals surface area contributed by atoms with E-state index >= 15 is 0 Å². The van der Waals surface area contributed by atoms with Gasteiger partial charge in [0.2, 0.25) is 0 Å². The van der Waals surface area contributed by atoms with E-state index in [-0.39, 0.29) is 28.9 Å². The van der Waals surface area contributed by atoms with Crippen LogP contribution in [0.4, 0.5) is 0 Å². The first-order valence-corrected chi connectivity index (χ1v) is 7.93. The highest BCUT2D eigenvalue weighted by molar-refractivity contribution is 6.06. The van der Waals surface area contributed by atoms with E-state index in [0.29, 0.717) is 18.6 Å². The summed E-state index contributed by atoms with van der Waals surface area (Å²) in [7, 11) is 0. The maximum absolute atomic E-state index is 12.3. The van der Waals surface area contributed by atoms with Gasteiger partial charge in [-0.3, -0.25) is 9.59 Å². The van der Waals surface area contributed by atoms with Crippen LogP contribution in [0.2, 0.25) is 0 Å². The Kier molecular flexibility index (Phi) is 4.09. The first-order valence-electron chi connectivity index (χ1n) is 7.93.